The SMILES string of the molecule is COc1ccc(N2CCCN(C(=O)CC3NC(=O)NC3=O)CC2)cc1. The Morgan fingerprint density at radius 2 is 1.92 bits per heavy atom. The molecule has 1 aromatic rings. The van der Waals surface area contributed by atoms with E-state index in [9.17, 15) is 14.4 Å². The van der Waals surface area contributed by atoms with Gasteiger partial charge in [0, 0.05) is 31.9 Å². The second-order valence-corrected chi connectivity index (χ2v) is 6.14. The first kappa shape index (κ1) is 17.1. The number of hydrogen-bond acceptors (Lipinski definition) is 5. The first-order chi connectivity index (χ1) is 12.1. The second-order valence-electron chi connectivity index (χ2n) is 6.14. The third-order valence-corrected chi connectivity index (χ3v) is 4.52. The quantitative estimate of drug-likeness (QED) is 0.767. The lowest BCUT2D eigenvalue weighted by molar-refractivity contribution is -0.133. The lowest BCUT2D eigenvalue weighted by atomic mass is 10.2. The van der Waals surface area contributed by atoms with E-state index in [4.69, 9.17) is 4.74 Å². The third-order valence-electron chi connectivity index (χ3n) is 4.52. The average molecular weight is 346 g/mol. The van der Waals surface area contributed by atoms with Crippen LogP contribution >= 0.6 is 0 Å². The van der Waals surface area contributed by atoms with E-state index in [1.165, 1.54) is 0 Å². The highest BCUT2D eigenvalue weighted by Crippen LogP contribution is 2.20. The van der Waals surface area contributed by atoms with Crippen LogP contribution in [-0.2, 0) is 9.59 Å². The molecule has 25 heavy (non-hydrogen) atoms. The van der Waals surface area contributed by atoms with E-state index in [1.807, 2.05) is 24.3 Å². The molecule has 2 saturated heterocycles. The predicted octanol–water partition coefficient (Wildman–Crippen LogP) is 0.332. The maximum absolute atomic E-state index is 12.4. The van der Waals surface area contributed by atoms with Gasteiger partial charge in [0.15, 0.2) is 0 Å². The molecule has 2 fully saturated rings. The molecule has 2 N–H and O–H groups in total. The van der Waals surface area contributed by atoms with Gasteiger partial charge in [0.05, 0.1) is 13.5 Å². The van der Waals surface area contributed by atoms with Crippen molar-refractivity contribution in [2.45, 2.75) is 18.9 Å². The normalized spacial score (nSPS) is 20.8. The number of rotatable bonds is 4. The predicted molar refractivity (Wildman–Crippen MR) is 91.5 cm³/mol. The molecule has 4 amide bonds. The van der Waals surface area contributed by atoms with Crippen molar-refractivity contribution in [1.82, 2.24) is 15.5 Å². The van der Waals surface area contributed by atoms with Gasteiger partial charge in [-0.15, -0.1) is 0 Å². The molecule has 0 aromatic heterocycles. The number of carbonyl (C=O) groups is 3. The van der Waals surface area contributed by atoms with Crippen LogP contribution in [0.15, 0.2) is 24.3 Å². The molecule has 1 unspecified atom stereocenters. The minimum absolute atomic E-state index is 0.000108. The van der Waals surface area contributed by atoms with Crippen molar-refractivity contribution in [1.29, 1.82) is 0 Å². The molecule has 0 radical (unpaired) electrons. The summed E-state index contributed by atoms with van der Waals surface area (Å²) in [6.45, 7) is 2.82. The van der Waals surface area contributed by atoms with Crippen LogP contribution in [0.25, 0.3) is 0 Å². The van der Waals surface area contributed by atoms with Gasteiger partial charge in [-0.3, -0.25) is 14.9 Å². The summed E-state index contributed by atoms with van der Waals surface area (Å²) < 4.78 is 5.18. The number of methoxy groups -OCH3 is 1. The van der Waals surface area contributed by atoms with Gasteiger partial charge in [0.1, 0.15) is 11.8 Å². The van der Waals surface area contributed by atoms with Crippen molar-refractivity contribution >= 4 is 23.5 Å². The number of nitrogens with zero attached hydrogens (tertiary/aromatic N) is 2. The number of imide groups is 1. The van der Waals surface area contributed by atoms with Gasteiger partial charge in [0.25, 0.3) is 5.91 Å². The van der Waals surface area contributed by atoms with Gasteiger partial charge in [-0.1, -0.05) is 0 Å². The monoisotopic (exact) mass is 346 g/mol. The zero-order valence-corrected chi connectivity index (χ0v) is 14.2. The Bertz CT molecular complexity index is 661. The minimum atomic E-state index is -0.763. The van der Waals surface area contributed by atoms with Gasteiger partial charge in [-0.05, 0) is 30.7 Å². The molecule has 2 aliphatic rings. The van der Waals surface area contributed by atoms with E-state index in [1.54, 1.807) is 12.0 Å². The summed E-state index contributed by atoms with van der Waals surface area (Å²) in [5, 5.41) is 4.61. The molecule has 8 heteroatoms. The Kier molecular flexibility index (Phi) is 5.06. The van der Waals surface area contributed by atoms with Crippen LogP contribution in [0.5, 0.6) is 5.75 Å². The first-order valence-corrected chi connectivity index (χ1v) is 8.35. The van der Waals surface area contributed by atoms with Gasteiger partial charge < -0.3 is 19.9 Å². The smallest absolute Gasteiger partial charge is 0.322 e. The summed E-state index contributed by atoms with van der Waals surface area (Å²) in [7, 11) is 1.64. The van der Waals surface area contributed by atoms with Crippen molar-refractivity contribution in [2.75, 3.05) is 38.2 Å². The molecule has 0 saturated carbocycles. The van der Waals surface area contributed by atoms with Gasteiger partial charge in [-0.25, -0.2) is 4.79 Å². The average Bonchev–Trinajstić information content (AvgIpc) is 2.81. The minimum Gasteiger partial charge on any atom is -0.497 e. The zero-order chi connectivity index (χ0) is 17.8. The molecule has 134 valence electrons. The molecule has 8 nitrogen and oxygen atoms in total. The maximum Gasteiger partial charge on any atom is 0.322 e. The Morgan fingerprint density at radius 1 is 1.16 bits per heavy atom. The number of nitrogens with one attached hydrogen (secondary N) is 2. The highest BCUT2D eigenvalue weighted by Gasteiger charge is 2.33. The standard InChI is InChI=1S/C17H22N4O4/c1-25-13-5-3-12(4-6-13)20-7-2-8-21(10-9-20)15(22)11-14-16(23)19-17(24)18-14/h3-6,14H,2,7-11H2,1H3,(H2,18,19,23,24). The van der Waals surface area contributed by atoms with E-state index in [2.05, 4.69) is 15.5 Å². The molecule has 1 atom stereocenters. The second kappa shape index (κ2) is 7.42. The van der Waals surface area contributed by atoms with Gasteiger partial charge >= 0.3 is 6.03 Å². The molecule has 0 bridgehead atoms. The molecule has 0 spiro atoms. The number of benzene rings is 1. The lowest BCUT2D eigenvalue weighted by Gasteiger charge is -2.24. The van der Waals surface area contributed by atoms with Gasteiger partial charge in [0.2, 0.25) is 5.91 Å². The maximum atomic E-state index is 12.4. The highest BCUT2D eigenvalue weighted by molar-refractivity contribution is 6.05. The fourth-order valence-electron chi connectivity index (χ4n) is 3.12. The van der Waals surface area contributed by atoms with Crippen LogP contribution < -0.4 is 20.3 Å². The summed E-state index contributed by atoms with van der Waals surface area (Å²) in [5.74, 6) is 0.263. The van der Waals surface area contributed by atoms with Crippen molar-refractivity contribution < 1.29 is 19.1 Å². The zero-order valence-electron chi connectivity index (χ0n) is 14.2. The number of hydrogen-bond donors (Lipinski definition) is 2. The van der Waals surface area contributed by atoms with Gasteiger partial charge in [-0.2, -0.15) is 0 Å². The molecular formula is C17H22N4O4. The van der Waals surface area contributed by atoms with Crippen molar-refractivity contribution in [3.63, 3.8) is 0 Å². The van der Waals surface area contributed by atoms with Crippen LogP contribution in [-0.4, -0.2) is 62.1 Å². The van der Waals surface area contributed by atoms with E-state index in [0.717, 1.165) is 30.9 Å². The summed E-state index contributed by atoms with van der Waals surface area (Å²) in [6, 6.07) is 6.56. The number of carbonyl (C=O) groups excluding carboxylic acids is 3. The van der Waals surface area contributed by atoms with E-state index in [-0.39, 0.29) is 12.3 Å². The Balaban J connectivity index is 1.56. The van der Waals surface area contributed by atoms with E-state index < -0.39 is 18.0 Å². The topological polar surface area (TPSA) is 91.0 Å². The van der Waals surface area contributed by atoms with Crippen LogP contribution in [0.1, 0.15) is 12.8 Å². The summed E-state index contributed by atoms with van der Waals surface area (Å²) in [6.07, 6.45) is 0.848. The fourth-order valence-corrected chi connectivity index (χ4v) is 3.12. The Morgan fingerprint density at radius 3 is 2.56 bits per heavy atom. The van der Waals surface area contributed by atoms with Crippen molar-refractivity contribution in [3.05, 3.63) is 24.3 Å². The molecule has 3 rings (SSSR count). The van der Waals surface area contributed by atoms with E-state index in [0.29, 0.717) is 13.1 Å². The summed E-state index contributed by atoms with van der Waals surface area (Å²) >= 11 is 0. The van der Waals surface area contributed by atoms with Crippen molar-refractivity contribution in [3.8, 4) is 5.75 Å². The molecular weight excluding hydrogens is 324 g/mol. The molecule has 1 aromatic carbocycles. The lowest BCUT2D eigenvalue weighted by Crippen LogP contribution is -2.40. The van der Waals surface area contributed by atoms with Crippen molar-refractivity contribution in [2.24, 2.45) is 0 Å². The first-order valence-electron chi connectivity index (χ1n) is 8.35. The highest BCUT2D eigenvalue weighted by atomic mass is 16.5. The fraction of sp³-hybridized carbons (Fsp3) is 0.471. The molecule has 2 heterocycles. The number of amides is 4. The summed E-state index contributed by atoms with van der Waals surface area (Å²) in [5.41, 5.74) is 1.09. The van der Waals surface area contributed by atoms with Crippen LogP contribution in [0.2, 0.25) is 0 Å². The Hall–Kier alpha value is -2.77. The third kappa shape index (κ3) is 4.01. The number of urea groups is 1. The number of ether oxygens (including phenoxy) is 1. The Labute approximate surface area is 146 Å². The largest absolute Gasteiger partial charge is 0.497 e. The summed E-state index contributed by atoms with van der Waals surface area (Å²) in [4.78, 5) is 39.2. The van der Waals surface area contributed by atoms with E-state index >= 15 is 0 Å². The van der Waals surface area contributed by atoms with Crippen LogP contribution in [0, 0.1) is 0 Å². The molecule has 0 aliphatic carbocycles. The van der Waals surface area contributed by atoms with Crippen LogP contribution in [0.4, 0.5) is 10.5 Å². The molecule has 2 aliphatic heterocycles. The number of anilines is 1. The van der Waals surface area contributed by atoms with Crippen LogP contribution in [0.3, 0.4) is 0 Å².